The molecule has 0 atom stereocenters. The summed E-state index contributed by atoms with van der Waals surface area (Å²) in [6, 6.07) is 0. The second-order valence-corrected chi connectivity index (χ2v) is 6.79. The lowest BCUT2D eigenvalue weighted by atomic mass is 9.71. The zero-order valence-electron chi connectivity index (χ0n) is 10.4. The van der Waals surface area contributed by atoms with E-state index in [1.807, 2.05) is 0 Å². The highest BCUT2D eigenvalue weighted by molar-refractivity contribution is 5.00. The van der Waals surface area contributed by atoms with Gasteiger partial charge in [-0.1, -0.05) is 27.7 Å². The van der Waals surface area contributed by atoms with Gasteiger partial charge in [-0.05, 0) is 31.6 Å². The first kappa shape index (κ1) is 11.0. The van der Waals surface area contributed by atoms with E-state index in [0.717, 1.165) is 0 Å². The van der Waals surface area contributed by atoms with Gasteiger partial charge in [0.15, 0.2) is 0 Å². The van der Waals surface area contributed by atoms with Crippen LogP contribution in [-0.4, -0.2) is 23.5 Å². The monoisotopic (exact) mass is 183 g/mol. The number of likely N-dealkylation sites (tertiary alicyclic amines) is 1. The van der Waals surface area contributed by atoms with Gasteiger partial charge in [-0.2, -0.15) is 0 Å². The second kappa shape index (κ2) is 2.73. The molecule has 1 rings (SSSR count). The molecule has 1 saturated heterocycles. The van der Waals surface area contributed by atoms with Gasteiger partial charge < -0.3 is 0 Å². The fourth-order valence-electron chi connectivity index (χ4n) is 1.91. The van der Waals surface area contributed by atoms with E-state index in [1.165, 1.54) is 13.1 Å². The third-order valence-corrected chi connectivity index (χ3v) is 3.95. The van der Waals surface area contributed by atoms with Crippen molar-refractivity contribution in [3.8, 4) is 0 Å². The Labute approximate surface area is 83.5 Å². The van der Waals surface area contributed by atoms with Gasteiger partial charge in [0.1, 0.15) is 0 Å². The van der Waals surface area contributed by atoms with Gasteiger partial charge in [-0.15, -0.1) is 0 Å². The van der Waals surface area contributed by atoms with E-state index in [0.29, 0.717) is 16.4 Å². The number of hydrogen-bond acceptors (Lipinski definition) is 1. The summed E-state index contributed by atoms with van der Waals surface area (Å²) in [6.07, 6.45) is 0. The molecular weight excluding hydrogens is 158 g/mol. The molecule has 1 heterocycles. The molecular formula is C12H25N. The van der Waals surface area contributed by atoms with Crippen molar-refractivity contribution in [3.63, 3.8) is 0 Å². The van der Waals surface area contributed by atoms with Crippen LogP contribution < -0.4 is 0 Å². The molecule has 0 saturated carbocycles. The lowest BCUT2D eigenvalue weighted by Crippen LogP contribution is -2.40. The molecule has 0 N–H and O–H groups in total. The topological polar surface area (TPSA) is 3.24 Å². The highest BCUT2D eigenvalue weighted by Gasteiger charge is 2.47. The van der Waals surface area contributed by atoms with E-state index in [1.54, 1.807) is 0 Å². The summed E-state index contributed by atoms with van der Waals surface area (Å²) in [6.45, 7) is 18.9. The van der Waals surface area contributed by atoms with Crippen LogP contribution in [-0.2, 0) is 0 Å². The largest absolute Gasteiger partial charge is 0.297 e. The normalized spacial score (nSPS) is 27.9. The summed E-state index contributed by atoms with van der Waals surface area (Å²) in [7, 11) is 0. The molecule has 0 radical (unpaired) electrons. The highest BCUT2D eigenvalue weighted by Crippen LogP contribution is 2.46. The molecule has 0 aromatic carbocycles. The first-order chi connectivity index (χ1) is 5.56. The zero-order chi connectivity index (χ0) is 10.5. The van der Waals surface area contributed by atoms with Gasteiger partial charge >= 0.3 is 0 Å². The smallest absolute Gasteiger partial charge is 0.0125 e. The third-order valence-electron chi connectivity index (χ3n) is 3.95. The van der Waals surface area contributed by atoms with Crippen LogP contribution in [0.3, 0.4) is 0 Å². The number of nitrogens with zero attached hydrogens (tertiary/aromatic N) is 1. The Balaban J connectivity index is 2.83. The molecule has 1 fully saturated rings. The van der Waals surface area contributed by atoms with Crippen molar-refractivity contribution in [1.82, 2.24) is 4.90 Å². The molecule has 0 spiro atoms. The minimum atomic E-state index is 0.324. The van der Waals surface area contributed by atoms with Crippen LogP contribution in [0.2, 0.25) is 0 Å². The standard InChI is InChI=1S/C12H25N/c1-10(2,3)13-8-11(4,5)12(6,7)9-13/h8-9H2,1-7H3. The Morgan fingerprint density at radius 2 is 1.15 bits per heavy atom. The first-order valence-electron chi connectivity index (χ1n) is 5.31. The van der Waals surface area contributed by atoms with Gasteiger partial charge in [0.2, 0.25) is 0 Å². The van der Waals surface area contributed by atoms with E-state index >= 15 is 0 Å². The van der Waals surface area contributed by atoms with E-state index in [-0.39, 0.29) is 0 Å². The average Bonchev–Trinajstić information content (AvgIpc) is 2.00. The predicted octanol–water partition coefficient (Wildman–Crippen LogP) is 3.15. The lowest BCUT2D eigenvalue weighted by molar-refractivity contribution is 0.156. The van der Waals surface area contributed by atoms with Crippen LogP contribution in [0.4, 0.5) is 0 Å². The van der Waals surface area contributed by atoms with Gasteiger partial charge in [0.25, 0.3) is 0 Å². The molecule has 78 valence electrons. The van der Waals surface area contributed by atoms with E-state index in [4.69, 9.17) is 0 Å². The minimum absolute atomic E-state index is 0.324. The molecule has 1 aliphatic rings. The number of hydrogen-bond donors (Lipinski definition) is 0. The first-order valence-corrected chi connectivity index (χ1v) is 5.31. The van der Waals surface area contributed by atoms with Gasteiger partial charge in [0.05, 0.1) is 0 Å². The van der Waals surface area contributed by atoms with Gasteiger partial charge in [0, 0.05) is 18.6 Å². The maximum absolute atomic E-state index is 2.60. The van der Waals surface area contributed by atoms with E-state index in [2.05, 4.69) is 53.4 Å². The SMILES string of the molecule is CC(C)(C)N1CC(C)(C)C(C)(C)C1. The van der Waals surface area contributed by atoms with Crippen molar-refractivity contribution >= 4 is 0 Å². The molecule has 0 bridgehead atoms. The minimum Gasteiger partial charge on any atom is -0.297 e. The van der Waals surface area contributed by atoms with Gasteiger partial charge in [-0.25, -0.2) is 0 Å². The van der Waals surface area contributed by atoms with Crippen LogP contribution >= 0.6 is 0 Å². The Bertz CT molecular complexity index is 180. The molecule has 1 nitrogen and oxygen atoms in total. The van der Waals surface area contributed by atoms with Crippen LogP contribution in [0.15, 0.2) is 0 Å². The zero-order valence-corrected chi connectivity index (χ0v) is 10.4. The summed E-state index contributed by atoms with van der Waals surface area (Å²) >= 11 is 0. The summed E-state index contributed by atoms with van der Waals surface area (Å²) in [4.78, 5) is 2.60. The Morgan fingerprint density at radius 1 is 0.846 bits per heavy atom. The van der Waals surface area contributed by atoms with Crippen LogP contribution in [0.25, 0.3) is 0 Å². The van der Waals surface area contributed by atoms with Crippen molar-refractivity contribution < 1.29 is 0 Å². The second-order valence-electron chi connectivity index (χ2n) is 6.79. The van der Waals surface area contributed by atoms with Crippen LogP contribution in [0.5, 0.6) is 0 Å². The van der Waals surface area contributed by atoms with E-state index < -0.39 is 0 Å². The predicted molar refractivity (Wildman–Crippen MR) is 58.9 cm³/mol. The van der Waals surface area contributed by atoms with E-state index in [9.17, 15) is 0 Å². The summed E-state index contributed by atoms with van der Waals surface area (Å²) < 4.78 is 0. The fourth-order valence-corrected chi connectivity index (χ4v) is 1.91. The Hall–Kier alpha value is -0.0400. The van der Waals surface area contributed by atoms with Crippen molar-refractivity contribution in [2.75, 3.05) is 13.1 Å². The van der Waals surface area contributed by atoms with Crippen LogP contribution in [0.1, 0.15) is 48.5 Å². The van der Waals surface area contributed by atoms with Gasteiger partial charge in [-0.3, -0.25) is 4.90 Å². The molecule has 1 aliphatic heterocycles. The van der Waals surface area contributed by atoms with Crippen molar-refractivity contribution in [2.45, 2.75) is 54.0 Å². The quantitative estimate of drug-likeness (QED) is 0.557. The summed E-state index contributed by atoms with van der Waals surface area (Å²) in [5.41, 5.74) is 1.21. The maximum atomic E-state index is 2.60. The molecule has 0 aliphatic carbocycles. The van der Waals surface area contributed by atoms with Crippen molar-refractivity contribution in [3.05, 3.63) is 0 Å². The third kappa shape index (κ3) is 1.90. The van der Waals surface area contributed by atoms with Crippen LogP contribution in [0, 0.1) is 10.8 Å². The lowest BCUT2D eigenvalue weighted by Gasteiger charge is -2.33. The number of rotatable bonds is 0. The fraction of sp³-hybridized carbons (Fsp3) is 1.00. The molecule has 0 aromatic rings. The Morgan fingerprint density at radius 3 is 1.31 bits per heavy atom. The summed E-state index contributed by atoms with van der Waals surface area (Å²) in [5.74, 6) is 0. The molecule has 13 heavy (non-hydrogen) atoms. The average molecular weight is 183 g/mol. The van der Waals surface area contributed by atoms with Crippen molar-refractivity contribution in [1.29, 1.82) is 0 Å². The Kier molecular flexibility index (Phi) is 2.31. The maximum Gasteiger partial charge on any atom is 0.0125 e. The summed E-state index contributed by atoms with van der Waals surface area (Å²) in [5, 5.41) is 0. The molecule has 1 heteroatoms. The van der Waals surface area contributed by atoms with Crippen molar-refractivity contribution in [2.24, 2.45) is 10.8 Å². The highest BCUT2D eigenvalue weighted by atomic mass is 15.2. The molecule has 0 unspecified atom stereocenters. The molecule has 0 aromatic heterocycles. The molecule has 0 amide bonds.